The second-order valence-electron chi connectivity index (χ2n) is 8.59. The van der Waals surface area contributed by atoms with Gasteiger partial charge in [-0.15, -0.1) is 47.3 Å². The van der Waals surface area contributed by atoms with E-state index in [-0.39, 0.29) is 32.6 Å². The molecule has 0 bridgehead atoms. The van der Waals surface area contributed by atoms with Gasteiger partial charge in [0.05, 0.1) is 5.76 Å². The number of aliphatic hydroxyl groups is 1. The number of hydrogen-bond donors (Lipinski definition) is 1. The van der Waals surface area contributed by atoms with Crippen LogP contribution < -0.4 is 0 Å². The summed E-state index contributed by atoms with van der Waals surface area (Å²) in [6, 6.07) is 43.4. The molecule has 1 N–H and O–H groups in total. The molecule has 0 spiro atoms. The topological polar surface area (TPSA) is 50.2 Å². The number of ketones is 1. The number of aliphatic hydroxyl groups excluding tert-OH is 1. The average molecular weight is 774 g/mol. The number of allylic oxidation sites excluding steroid dienone is 2. The first-order valence-electron chi connectivity index (χ1n) is 12.5. The van der Waals surface area contributed by atoms with Crippen LogP contribution in [0.5, 0.6) is 0 Å². The Morgan fingerprint density at radius 2 is 1.22 bits per heavy atom. The predicted molar refractivity (Wildman–Crippen MR) is 167 cm³/mol. The van der Waals surface area contributed by atoms with Crippen molar-refractivity contribution in [2.24, 2.45) is 0 Å². The molecule has 0 aliphatic rings. The maximum atomic E-state index is 10.0. The monoisotopic (exact) mass is 773 g/mol. The zero-order valence-electron chi connectivity index (χ0n) is 22.5. The molecule has 0 saturated heterocycles. The quantitative estimate of drug-likeness (QED) is 0.0963. The maximum Gasteiger partial charge on any atom is 0.155 e. The van der Waals surface area contributed by atoms with Crippen molar-refractivity contribution >= 4 is 41.1 Å². The number of hydrogen-bond acceptors (Lipinski definition) is 6. The third-order valence-corrected chi connectivity index (χ3v) is 8.23. The molecule has 0 fully saturated rings. The molecule has 5 rings (SSSR count). The van der Waals surface area contributed by atoms with E-state index in [2.05, 4.69) is 103 Å². The Labute approximate surface area is 269 Å². The molecule has 0 amide bonds. The van der Waals surface area contributed by atoms with E-state index in [4.69, 9.17) is 10.1 Å². The van der Waals surface area contributed by atoms with Crippen molar-refractivity contribution in [2.45, 2.75) is 43.2 Å². The largest absolute Gasteiger partial charge is 0.512 e. The van der Waals surface area contributed by atoms with Crippen LogP contribution in [0.25, 0.3) is 11.3 Å². The second-order valence-corrected chi connectivity index (χ2v) is 12.0. The van der Waals surface area contributed by atoms with E-state index < -0.39 is 0 Å². The fraction of sp³-hybridized carbons (Fsp3) is 0.0588. The van der Waals surface area contributed by atoms with Crippen LogP contribution in [-0.2, 0) is 25.9 Å². The summed E-state index contributed by atoms with van der Waals surface area (Å²) in [5, 5.41) is 8.36. The van der Waals surface area contributed by atoms with Gasteiger partial charge < -0.3 is 10.1 Å². The molecule has 7 heteroatoms. The average Bonchev–Trinajstić information content (AvgIpc) is 2.95. The number of aromatic nitrogens is 1. The Morgan fingerprint density at radius 1 is 0.707 bits per heavy atom. The van der Waals surface area contributed by atoms with Gasteiger partial charge in [0.25, 0.3) is 0 Å². The minimum atomic E-state index is -0.125. The van der Waals surface area contributed by atoms with Gasteiger partial charge in [0.1, 0.15) is 0 Å². The van der Waals surface area contributed by atoms with Gasteiger partial charge in [0.15, 0.2) is 5.78 Å². The van der Waals surface area contributed by atoms with Crippen molar-refractivity contribution in [1.29, 1.82) is 0 Å². The molecule has 1 heterocycles. The number of carbonyl (C=O) groups is 1. The van der Waals surface area contributed by atoms with E-state index in [0.29, 0.717) is 0 Å². The summed E-state index contributed by atoms with van der Waals surface area (Å²) >= 11 is 5.25. The van der Waals surface area contributed by atoms with Gasteiger partial charge in [-0.1, -0.05) is 82.2 Å². The van der Waals surface area contributed by atoms with Crippen LogP contribution in [0.15, 0.2) is 163 Å². The third kappa shape index (κ3) is 11.1. The molecular formula is C34H28NO2PtS3-. The van der Waals surface area contributed by atoms with E-state index in [9.17, 15) is 4.79 Å². The Kier molecular flexibility index (Phi) is 13.5. The Bertz CT molecular complexity index is 1560. The number of nitrogens with zero attached hydrogens (tertiary/aromatic N) is 1. The first-order valence-corrected chi connectivity index (χ1v) is 15.0. The van der Waals surface area contributed by atoms with Crippen molar-refractivity contribution in [1.82, 2.24) is 4.98 Å². The Hall–Kier alpha value is -3.02. The fourth-order valence-electron chi connectivity index (χ4n) is 3.57. The van der Waals surface area contributed by atoms with Crippen LogP contribution in [0.2, 0.25) is 0 Å². The first-order chi connectivity index (χ1) is 19.5. The number of benzene rings is 4. The molecule has 5 aromatic rings. The number of pyridine rings is 1. The van der Waals surface area contributed by atoms with Gasteiger partial charge >= 0.3 is 0 Å². The van der Waals surface area contributed by atoms with Gasteiger partial charge in [-0.3, -0.25) is 4.79 Å². The van der Waals surface area contributed by atoms with Gasteiger partial charge in [-0.05, 0) is 62.0 Å². The molecule has 0 saturated carbocycles. The van der Waals surface area contributed by atoms with Crippen LogP contribution in [0.4, 0.5) is 0 Å². The summed E-state index contributed by atoms with van der Waals surface area (Å²) in [5.74, 6) is -0.0625. The van der Waals surface area contributed by atoms with Crippen molar-refractivity contribution in [3.8, 4) is 11.3 Å². The molecule has 0 aliphatic heterocycles. The number of rotatable bonds is 8. The molecule has 0 atom stereocenters. The van der Waals surface area contributed by atoms with Crippen LogP contribution >= 0.6 is 35.3 Å². The molecule has 41 heavy (non-hydrogen) atoms. The van der Waals surface area contributed by atoms with E-state index >= 15 is 0 Å². The van der Waals surface area contributed by atoms with Crippen LogP contribution in [0.3, 0.4) is 0 Å². The van der Waals surface area contributed by atoms with Gasteiger partial charge in [-0.25, -0.2) is 0 Å². The van der Waals surface area contributed by atoms with Crippen LogP contribution in [0, 0.1) is 6.07 Å². The van der Waals surface area contributed by atoms with Crippen LogP contribution in [0.1, 0.15) is 13.8 Å². The van der Waals surface area contributed by atoms with Crippen molar-refractivity contribution in [2.75, 3.05) is 0 Å². The SMILES string of the molecule is CC(=O)/C=C(/C)O.[Pt].[c-]1cc(Sc2ccccc2)cc(Sc2ccccc2)c1-c1cc(Sc2ccccc2)ccn1. The van der Waals surface area contributed by atoms with E-state index in [1.165, 1.54) is 34.6 Å². The van der Waals surface area contributed by atoms with E-state index in [0.717, 1.165) is 25.9 Å². The van der Waals surface area contributed by atoms with Crippen molar-refractivity contribution in [3.05, 3.63) is 139 Å². The van der Waals surface area contributed by atoms with E-state index in [1.54, 1.807) is 35.3 Å². The molecule has 210 valence electrons. The predicted octanol–water partition coefficient (Wildman–Crippen LogP) is 10.0. The van der Waals surface area contributed by atoms with Crippen molar-refractivity contribution in [3.63, 3.8) is 0 Å². The fourth-order valence-corrected chi connectivity index (χ4v) is 6.37. The van der Waals surface area contributed by atoms with Gasteiger partial charge in [0.2, 0.25) is 0 Å². The standard InChI is InChI=1S/C29H20NS3.C5H8O2.Pt/c1-4-10-22(11-5-1)31-25-16-17-27(29(21-25)33-24-14-8-3-9-15-24)28-20-26(18-19-30-28)32-23-12-6-2-7-13-23;1-4(6)3-5(2)7;/h1-16,18-21H;3,6H,1-2H3;/q-1;;/b;4-3-;. The Balaban J connectivity index is 0.000000516. The summed E-state index contributed by atoms with van der Waals surface area (Å²) in [7, 11) is 0. The molecule has 0 radical (unpaired) electrons. The minimum absolute atomic E-state index is 0. The summed E-state index contributed by atoms with van der Waals surface area (Å²) in [6.45, 7) is 2.85. The summed E-state index contributed by atoms with van der Waals surface area (Å²) in [4.78, 5) is 21.8. The third-order valence-electron chi connectivity index (χ3n) is 5.21. The molecular weight excluding hydrogens is 746 g/mol. The van der Waals surface area contributed by atoms with Crippen molar-refractivity contribution < 1.29 is 31.0 Å². The maximum absolute atomic E-state index is 10.0. The smallest absolute Gasteiger partial charge is 0.155 e. The van der Waals surface area contributed by atoms with Gasteiger partial charge in [0, 0.05) is 52.9 Å². The zero-order chi connectivity index (χ0) is 28.2. The molecule has 4 aromatic carbocycles. The molecule has 1 aromatic heterocycles. The van der Waals surface area contributed by atoms with E-state index in [1.807, 2.05) is 24.4 Å². The summed E-state index contributed by atoms with van der Waals surface area (Å²) in [6.07, 6.45) is 3.05. The molecule has 0 unspecified atom stereocenters. The molecule has 3 nitrogen and oxygen atoms in total. The second kappa shape index (κ2) is 17.1. The van der Waals surface area contributed by atoms with Gasteiger partial charge in [-0.2, -0.15) is 0 Å². The number of carbonyl (C=O) groups excluding carboxylic acids is 1. The first kappa shape index (κ1) is 32.5. The van der Waals surface area contributed by atoms with Crippen LogP contribution in [-0.4, -0.2) is 15.9 Å². The normalized spacial score (nSPS) is 10.6. The zero-order valence-corrected chi connectivity index (χ0v) is 27.2. The minimum Gasteiger partial charge on any atom is -0.512 e. The Morgan fingerprint density at radius 3 is 1.71 bits per heavy atom. The summed E-state index contributed by atoms with van der Waals surface area (Å²) < 4.78 is 0. The summed E-state index contributed by atoms with van der Waals surface area (Å²) in [5.41, 5.74) is 1.96. The molecule has 0 aliphatic carbocycles.